The first-order chi connectivity index (χ1) is 9.22. The molecule has 0 aromatic heterocycles. The van der Waals surface area contributed by atoms with E-state index >= 15 is 0 Å². The number of carboxylic acids is 1. The van der Waals surface area contributed by atoms with Crippen molar-refractivity contribution in [2.24, 2.45) is 0 Å². The quantitative estimate of drug-likeness (QED) is 0.895. The summed E-state index contributed by atoms with van der Waals surface area (Å²) in [6, 6.07) is 14.0. The second kappa shape index (κ2) is 5.91. The summed E-state index contributed by atoms with van der Waals surface area (Å²) in [5.41, 5.74) is 0.873. The highest BCUT2D eigenvalue weighted by molar-refractivity contribution is 5.89. The first kappa shape index (κ1) is 13.0. The van der Waals surface area contributed by atoms with E-state index in [1.807, 2.05) is 12.1 Å². The average molecular weight is 258 g/mol. The predicted octanol–water partition coefficient (Wildman–Crippen LogP) is 2.97. The Kier molecular flexibility index (Phi) is 4.03. The molecule has 0 radical (unpaired) electrons. The van der Waals surface area contributed by atoms with Crippen molar-refractivity contribution in [1.82, 2.24) is 0 Å². The molecule has 0 aliphatic carbocycles. The van der Waals surface area contributed by atoms with E-state index in [1.54, 1.807) is 43.5 Å². The summed E-state index contributed by atoms with van der Waals surface area (Å²) < 4.78 is 10.8. The Morgan fingerprint density at radius 3 is 2.37 bits per heavy atom. The fourth-order valence-electron chi connectivity index (χ4n) is 1.75. The Bertz CT molecular complexity index is 578. The van der Waals surface area contributed by atoms with E-state index < -0.39 is 5.97 Å². The smallest absolute Gasteiger partial charge is 0.336 e. The molecule has 0 fully saturated rings. The van der Waals surface area contributed by atoms with Crippen LogP contribution in [0.1, 0.15) is 15.9 Å². The third-order valence-corrected chi connectivity index (χ3v) is 2.70. The zero-order chi connectivity index (χ0) is 13.7. The van der Waals surface area contributed by atoms with E-state index in [2.05, 4.69) is 0 Å². The molecule has 0 unspecified atom stereocenters. The third kappa shape index (κ3) is 3.04. The van der Waals surface area contributed by atoms with Crippen LogP contribution in [0.25, 0.3) is 0 Å². The average Bonchev–Trinajstić information content (AvgIpc) is 2.45. The van der Waals surface area contributed by atoms with Gasteiger partial charge in [0.2, 0.25) is 0 Å². The van der Waals surface area contributed by atoms with Crippen LogP contribution in [0.5, 0.6) is 11.5 Å². The molecule has 4 heteroatoms. The van der Waals surface area contributed by atoms with Gasteiger partial charge in [0.25, 0.3) is 0 Å². The zero-order valence-electron chi connectivity index (χ0n) is 10.5. The number of rotatable bonds is 5. The second-order valence-corrected chi connectivity index (χ2v) is 3.90. The minimum Gasteiger partial charge on any atom is -0.493 e. The highest BCUT2D eigenvalue weighted by Crippen LogP contribution is 2.26. The first-order valence-corrected chi connectivity index (χ1v) is 5.79. The Labute approximate surface area is 111 Å². The normalized spacial score (nSPS) is 9.95. The molecular formula is C15H14O4. The molecule has 1 N–H and O–H groups in total. The number of methoxy groups -OCH3 is 1. The van der Waals surface area contributed by atoms with Gasteiger partial charge in [-0.25, -0.2) is 4.79 Å². The van der Waals surface area contributed by atoms with Gasteiger partial charge >= 0.3 is 5.97 Å². The number of ether oxygens (including phenoxy) is 2. The largest absolute Gasteiger partial charge is 0.493 e. The molecule has 2 aromatic rings. The van der Waals surface area contributed by atoms with Crippen LogP contribution in [0.15, 0.2) is 48.5 Å². The van der Waals surface area contributed by atoms with Crippen molar-refractivity contribution in [3.8, 4) is 11.5 Å². The number of aromatic carboxylic acids is 1. The van der Waals surface area contributed by atoms with Crippen LogP contribution in [0.2, 0.25) is 0 Å². The summed E-state index contributed by atoms with van der Waals surface area (Å²) in [6.07, 6.45) is 0. The van der Waals surface area contributed by atoms with Crippen molar-refractivity contribution in [1.29, 1.82) is 0 Å². The van der Waals surface area contributed by atoms with Crippen LogP contribution in [-0.2, 0) is 6.61 Å². The predicted molar refractivity (Wildman–Crippen MR) is 70.7 cm³/mol. The van der Waals surface area contributed by atoms with Gasteiger partial charge in [-0.2, -0.15) is 0 Å². The Balaban J connectivity index is 2.17. The van der Waals surface area contributed by atoms with Crippen LogP contribution in [0, 0.1) is 0 Å². The van der Waals surface area contributed by atoms with Gasteiger partial charge in [0.05, 0.1) is 12.7 Å². The number of para-hydroxylation sites is 2. The van der Waals surface area contributed by atoms with Crippen molar-refractivity contribution < 1.29 is 19.4 Å². The molecule has 0 saturated heterocycles. The highest BCUT2D eigenvalue weighted by Gasteiger charge is 2.10. The first-order valence-electron chi connectivity index (χ1n) is 5.79. The summed E-state index contributed by atoms with van der Waals surface area (Å²) in [5, 5.41) is 9.08. The molecule has 98 valence electrons. The molecule has 0 heterocycles. The molecule has 2 aromatic carbocycles. The fraction of sp³-hybridized carbons (Fsp3) is 0.133. The topological polar surface area (TPSA) is 55.8 Å². The molecule has 0 spiro atoms. The van der Waals surface area contributed by atoms with E-state index in [1.165, 1.54) is 0 Å². The Hall–Kier alpha value is -2.49. The molecule has 19 heavy (non-hydrogen) atoms. The van der Waals surface area contributed by atoms with Crippen molar-refractivity contribution in [2.45, 2.75) is 6.61 Å². The summed E-state index contributed by atoms with van der Waals surface area (Å²) in [5.74, 6) is 0.250. The number of hydrogen-bond acceptors (Lipinski definition) is 3. The molecule has 0 saturated carbocycles. The Morgan fingerprint density at radius 2 is 1.68 bits per heavy atom. The van der Waals surface area contributed by atoms with Crippen molar-refractivity contribution >= 4 is 5.97 Å². The SMILES string of the molecule is COc1ccccc1OCc1ccccc1C(=O)O. The van der Waals surface area contributed by atoms with Gasteiger partial charge in [-0.05, 0) is 18.2 Å². The van der Waals surface area contributed by atoms with Crippen molar-refractivity contribution in [3.05, 3.63) is 59.7 Å². The Morgan fingerprint density at radius 1 is 1.05 bits per heavy atom. The third-order valence-electron chi connectivity index (χ3n) is 2.70. The molecule has 0 bridgehead atoms. The maximum Gasteiger partial charge on any atom is 0.336 e. The maximum atomic E-state index is 11.1. The van der Waals surface area contributed by atoms with E-state index in [0.29, 0.717) is 17.1 Å². The van der Waals surface area contributed by atoms with Crippen LogP contribution in [0.4, 0.5) is 0 Å². The van der Waals surface area contributed by atoms with Gasteiger partial charge in [-0.1, -0.05) is 30.3 Å². The summed E-state index contributed by atoms with van der Waals surface area (Å²) in [4.78, 5) is 11.1. The van der Waals surface area contributed by atoms with E-state index in [-0.39, 0.29) is 12.2 Å². The molecule has 2 rings (SSSR count). The number of carboxylic acid groups (broad SMARTS) is 1. The van der Waals surface area contributed by atoms with Gasteiger partial charge in [0, 0.05) is 5.56 Å². The van der Waals surface area contributed by atoms with Crippen LogP contribution in [0.3, 0.4) is 0 Å². The van der Waals surface area contributed by atoms with Gasteiger partial charge in [0.15, 0.2) is 11.5 Å². The summed E-state index contributed by atoms with van der Waals surface area (Å²) >= 11 is 0. The van der Waals surface area contributed by atoms with Gasteiger partial charge in [-0.3, -0.25) is 0 Å². The maximum absolute atomic E-state index is 11.1. The van der Waals surface area contributed by atoms with E-state index in [9.17, 15) is 4.79 Å². The minimum atomic E-state index is -0.959. The standard InChI is InChI=1S/C15H14O4/c1-18-13-8-4-5-9-14(13)19-10-11-6-2-3-7-12(11)15(16)17/h2-9H,10H2,1H3,(H,16,17). The zero-order valence-corrected chi connectivity index (χ0v) is 10.5. The highest BCUT2D eigenvalue weighted by atomic mass is 16.5. The monoisotopic (exact) mass is 258 g/mol. The number of hydrogen-bond donors (Lipinski definition) is 1. The fourth-order valence-corrected chi connectivity index (χ4v) is 1.75. The van der Waals surface area contributed by atoms with Gasteiger partial charge in [-0.15, -0.1) is 0 Å². The summed E-state index contributed by atoms with van der Waals surface area (Å²) in [6.45, 7) is 0.183. The molecular weight excluding hydrogens is 244 g/mol. The second-order valence-electron chi connectivity index (χ2n) is 3.90. The summed E-state index contributed by atoms with van der Waals surface area (Å²) in [7, 11) is 1.56. The van der Waals surface area contributed by atoms with Gasteiger partial charge < -0.3 is 14.6 Å². The molecule has 0 atom stereocenters. The number of benzene rings is 2. The lowest BCUT2D eigenvalue weighted by molar-refractivity contribution is 0.0694. The van der Waals surface area contributed by atoms with Gasteiger partial charge in [0.1, 0.15) is 6.61 Å². The van der Waals surface area contributed by atoms with Crippen LogP contribution in [-0.4, -0.2) is 18.2 Å². The molecule has 0 amide bonds. The van der Waals surface area contributed by atoms with Crippen molar-refractivity contribution in [2.75, 3.05) is 7.11 Å². The lowest BCUT2D eigenvalue weighted by Gasteiger charge is -2.11. The van der Waals surface area contributed by atoms with E-state index in [4.69, 9.17) is 14.6 Å². The van der Waals surface area contributed by atoms with Crippen LogP contribution < -0.4 is 9.47 Å². The van der Waals surface area contributed by atoms with Crippen LogP contribution >= 0.6 is 0 Å². The molecule has 0 aliphatic heterocycles. The number of carbonyl (C=O) groups is 1. The van der Waals surface area contributed by atoms with E-state index in [0.717, 1.165) is 0 Å². The lowest BCUT2D eigenvalue weighted by atomic mass is 10.1. The lowest BCUT2D eigenvalue weighted by Crippen LogP contribution is -2.05. The minimum absolute atomic E-state index is 0.183. The molecule has 0 aliphatic rings. The van der Waals surface area contributed by atoms with Crippen molar-refractivity contribution in [3.63, 3.8) is 0 Å². The molecule has 4 nitrogen and oxygen atoms in total.